The van der Waals surface area contributed by atoms with E-state index in [9.17, 15) is 4.79 Å². The second-order valence-corrected chi connectivity index (χ2v) is 5.51. The lowest BCUT2D eigenvalue weighted by Gasteiger charge is -2.38. The van der Waals surface area contributed by atoms with Gasteiger partial charge in [0.2, 0.25) is 0 Å². The Balaban J connectivity index is 2.03. The summed E-state index contributed by atoms with van der Waals surface area (Å²) in [7, 11) is 2.16. The lowest BCUT2D eigenvalue weighted by atomic mass is 9.75. The Hall–Kier alpha value is -0.570. The van der Waals surface area contributed by atoms with Crippen molar-refractivity contribution in [2.24, 2.45) is 17.3 Å². The van der Waals surface area contributed by atoms with Gasteiger partial charge >= 0.3 is 5.97 Å². The van der Waals surface area contributed by atoms with Gasteiger partial charge in [0.25, 0.3) is 0 Å². The van der Waals surface area contributed by atoms with Gasteiger partial charge in [-0.05, 0) is 51.6 Å². The van der Waals surface area contributed by atoms with Gasteiger partial charge in [-0.1, -0.05) is 6.92 Å². The third-order valence-corrected chi connectivity index (χ3v) is 4.29. The normalized spacial score (nSPS) is 33.4. The first-order valence-corrected chi connectivity index (χ1v) is 6.46. The van der Waals surface area contributed by atoms with Crippen molar-refractivity contribution in [2.45, 2.75) is 33.1 Å². The molecule has 2 aliphatic rings. The smallest absolute Gasteiger partial charge is 0.312 e. The maximum atomic E-state index is 12.0. The van der Waals surface area contributed by atoms with E-state index in [2.05, 4.69) is 18.9 Å². The zero-order valence-corrected chi connectivity index (χ0v) is 10.7. The standard InChI is InChI=1S/C13H23NO2/c1-4-16-12(15)13(6-7-13)11-5-8-14(3)9-10(11)2/h10-11H,4-9H2,1-3H3. The van der Waals surface area contributed by atoms with E-state index in [4.69, 9.17) is 4.74 Å². The quantitative estimate of drug-likeness (QED) is 0.687. The average molecular weight is 225 g/mol. The molecule has 3 nitrogen and oxygen atoms in total. The number of ether oxygens (including phenoxy) is 1. The van der Waals surface area contributed by atoms with Gasteiger partial charge in [-0.3, -0.25) is 4.79 Å². The zero-order chi connectivity index (χ0) is 11.8. The Labute approximate surface area is 98.1 Å². The highest BCUT2D eigenvalue weighted by atomic mass is 16.5. The van der Waals surface area contributed by atoms with Crippen LogP contribution in [-0.2, 0) is 9.53 Å². The van der Waals surface area contributed by atoms with Gasteiger partial charge in [0.15, 0.2) is 0 Å². The van der Waals surface area contributed by atoms with Crippen LogP contribution in [0.2, 0.25) is 0 Å². The molecule has 2 atom stereocenters. The first-order chi connectivity index (χ1) is 7.60. The molecule has 2 rings (SSSR count). The molecule has 0 aromatic rings. The topological polar surface area (TPSA) is 29.5 Å². The summed E-state index contributed by atoms with van der Waals surface area (Å²) in [5.74, 6) is 1.23. The molecule has 0 N–H and O–H groups in total. The number of carbonyl (C=O) groups is 1. The third kappa shape index (κ3) is 1.97. The maximum absolute atomic E-state index is 12.0. The molecular weight excluding hydrogens is 202 g/mol. The minimum atomic E-state index is -0.101. The summed E-state index contributed by atoms with van der Waals surface area (Å²) in [6, 6.07) is 0. The Kier molecular flexibility index (Phi) is 3.24. The van der Waals surface area contributed by atoms with Crippen LogP contribution in [0.3, 0.4) is 0 Å². The zero-order valence-electron chi connectivity index (χ0n) is 10.7. The first kappa shape index (κ1) is 11.9. The van der Waals surface area contributed by atoms with E-state index in [1.54, 1.807) is 0 Å². The number of rotatable bonds is 3. The van der Waals surface area contributed by atoms with Crippen molar-refractivity contribution >= 4 is 5.97 Å². The fourth-order valence-electron chi connectivity index (χ4n) is 3.31. The molecule has 0 bridgehead atoms. The SMILES string of the molecule is CCOC(=O)C1(C2CCN(C)CC2C)CC1. The molecule has 0 aromatic carbocycles. The van der Waals surface area contributed by atoms with E-state index < -0.39 is 0 Å². The number of likely N-dealkylation sites (tertiary alicyclic amines) is 1. The Bertz CT molecular complexity index is 273. The number of nitrogens with zero attached hydrogens (tertiary/aromatic N) is 1. The van der Waals surface area contributed by atoms with Crippen LogP contribution in [0.25, 0.3) is 0 Å². The molecule has 2 fully saturated rings. The van der Waals surface area contributed by atoms with Crippen molar-refractivity contribution in [1.29, 1.82) is 0 Å². The molecule has 0 radical (unpaired) electrons. The lowest BCUT2D eigenvalue weighted by Crippen LogP contribution is -2.43. The van der Waals surface area contributed by atoms with Gasteiger partial charge in [0.05, 0.1) is 12.0 Å². The summed E-state index contributed by atoms with van der Waals surface area (Å²) in [6.45, 7) is 6.93. The van der Waals surface area contributed by atoms with Crippen LogP contribution in [0, 0.1) is 17.3 Å². The van der Waals surface area contributed by atoms with Crippen LogP contribution in [0.5, 0.6) is 0 Å². The van der Waals surface area contributed by atoms with Gasteiger partial charge in [0.1, 0.15) is 0 Å². The summed E-state index contributed by atoms with van der Waals surface area (Å²) >= 11 is 0. The second kappa shape index (κ2) is 4.36. The summed E-state index contributed by atoms with van der Waals surface area (Å²) < 4.78 is 5.25. The van der Waals surface area contributed by atoms with Gasteiger partial charge < -0.3 is 9.64 Å². The van der Waals surface area contributed by atoms with E-state index in [1.807, 2.05) is 6.92 Å². The summed E-state index contributed by atoms with van der Waals surface area (Å²) in [4.78, 5) is 14.4. The van der Waals surface area contributed by atoms with E-state index >= 15 is 0 Å². The largest absolute Gasteiger partial charge is 0.466 e. The van der Waals surface area contributed by atoms with E-state index in [1.165, 1.54) is 0 Å². The second-order valence-electron chi connectivity index (χ2n) is 5.51. The molecule has 2 unspecified atom stereocenters. The van der Waals surface area contributed by atoms with E-state index in [0.717, 1.165) is 32.4 Å². The van der Waals surface area contributed by atoms with Crippen LogP contribution in [-0.4, -0.2) is 37.6 Å². The molecule has 1 heterocycles. The summed E-state index contributed by atoms with van der Waals surface area (Å²) in [6.07, 6.45) is 3.24. The molecule has 0 spiro atoms. The van der Waals surface area contributed by atoms with Crippen molar-refractivity contribution < 1.29 is 9.53 Å². The van der Waals surface area contributed by atoms with Crippen molar-refractivity contribution in [3.05, 3.63) is 0 Å². The number of hydrogen-bond acceptors (Lipinski definition) is 3. The van der Waals surface area contributed by atoms with Crippen molar-refractivity contribution in [3.63, 3.8) is 0 Å². The van der Waals surface area contributed by atoms with E-state index in [0.29, 0.717) is 18.4 Å². The van der Waals surface area contributed by atoms with Crippen LogP contribution >= 0.6 is 0 Å². The fourth-order valence-corrected chi connectivity index (χ4v) is 3.31. The average Bonchev–Trinajstić information content (AvgIpc) is 2.99. The predicted molar refractivity (Wildman–Crippen MR) is 63.1 cm³/mol. The number of esters is 1. The van der Waals surface area contributed by atoms with Gasteiger partial charge in [-0.2, -0.15) is 0 Å². The van der Waals surface area contributed by atoms with Gasteiger partial charge in [-0.15, -0.1) is 0 Å². The molecule has 16 heavy (non-hydrogen) atoms. The Morgan fingerprint density at radius 2 is 2.19 bits per heavy atom. The molecule has 0 aromatic heterocycles. The molecule has 1 aliphatic carbocycles. The van der Waals surface area contributed by atoms with Crippen LogP contribution in [0.15, 0.2) is 0 Å². The molecule has 0 amide bonds. The Morgan fingerprint density at radius 3 is 2.69 bits per heavy atom. The highest BCUT2D eigenvalue weighted by Gasteiger charge is 2.58. The maximum Gasteiger partial charge on any atom is 0.312 e. The highest BCUT2D eigenvalue weighted by molar-refractivity contribution is 5.80. The predicted octanol–water partition coefficient (Wildman–Crippen LogP) is 1.92. The summed E-state index contributed by atoms with van der Waals surface area (Å²) in [5, 5.41) is 0. The number of hydrogen-bond donors (Lipinski definition) is 0. The molecule has 1 aliphatic heterocycles. The van der Waals surface area contributed by atoms with Gasteiger partial charge in [-0.25, -0.2) is 0 Å². The lowest BCUT2D eigenvalue weighted by molar-refractivity contribution is -0.154. The summed E-state index contributed by atoms with van der Waals surface area (Å²) in [5.41, 5.74) is -0.101. The third-order valence-electron chi connectivity index (χ3n) is 4.29. The minimum absolute atomic E-state index is 0.0661. The van der Waals surface area contributed by atoms with Crippen molar-refractivity contribution in [2.75, 3.05) is 26.7 Å². The van der Waals surface area contributed by atoms with Crippen LogP contribution in [0.1, 0.15) is 33.1 Å². The molecule has 92 valence electrons. The monoisotopic (exact) mass is 225 g/mol. The van der Waals surface area contributed by atoms with Crippen LogP contribution < -0.4 is 0 Å². The first-order valence-electron chi connectivity index (χ1n) is 6.46. The molecular formula is C13H23NO2. The molecule has 1 saturated carbocycles. The highest BCUT2D eigenvalue weighted by Crippen LogP contribution is 2.57. The number of piperidine rings is 1. The van der Waals surface area contributed by atoms with E-state index in [-0.39, 0.29) is 11.4 Å². The number of carbonyl (C=O) groups excluding carboxylic acids is 1. The van der Waals surface area contributed by atoms with Gasteiger partial charge in [0, 0.05) is 6.54 Å². The Morgan fingerprint density at radius 1 is 1.50 bits per heavy atom. The molecule has 3 heteroatoms. The van der Waals surface area contributed by atoms with Crippen molar-refractivity contribution in [3.8, 4) is 0 Å². The molecule has 1 saturated heterocycles. The fraction of sp³-hybridized carbons (Fsp3) is 0.923. The van der Waals surface area contributed by atoms with Crippen LogP contribution in [0.4, 0.5) is 0 Å². The van der Waals surface area contributed by atoms with Crippen molar-refractivity contribution in [1.82, 2.24) is 4.90 Å². The minimum Gasteiger partial charge on any atom is -0.466 e.